The minimum Gasteiger partial charge on any atom is -0.674 e. The van der Waals surface area contributed by atoms with E-state index in [1.165, 1.54) is 18.2 Å². The van der Waals surface area contributed by atoms with Crippen molar-refractivity contribution in [1.29, 1.82) is 0 Å². The maximum absolute atomic E-state index is 15.9. The van der Waals surface area contributed by atoms with E-state index in [2.05, 4.69) is 36.8 Å². The number of benzene rings is 2. The number of hydrogen-bond acceptors (Lipinski definition) is 9. The third kappa shape index (κ3) is 9.01. The van der Waals surface area contributed by atoms with Crippen molar-refractivity contribution in [3.8, 4) is 5.69 Å². The highest BCUT2D eigenvalue weighted by Gasteiger charge is 2.31. The fraction of sp³-hybridized carbons (Fsp3) is 0.400. The Bertz CT molecular complexity index is 2960. The highest BCUT2D eigenvalue weighted by atomic mass is 19.1. The summed E-state index contributed by atoms with van der Waals surface area (Å²) in [5, 5.41) is 15.3. The monoisotopic (exact) mass is 928 g/mol. The third-order valence-electron chi connectivity index (χ3n) is 14.2. The van der Waals surface area contributed by atoms with Gasteiger partial charge in [0.25, 0.3) is 11.5 Å². The van der Waals surface area contributed by atoms with Crippen molar-refractivity contribution in [3.05, 3.63) is 140 Å². The molecule has 10 rings (SSSR count). The number of pyridine rings is 2. The number of aromatic nitrogens is 5. The maximum Gasteiger partial charge on any atom is 0.257 e. The Kier molecular flexibility index (Phi) is 12.4. The fourth-order valence-electron chi connectivity index (χ4n) is 10.5. The first kappa shape index (κ1) is 45.0. The smallest absolute Gasteiger partial charge is 0.257 e. The van der Waals surface area contributed by atoms with Crippen molar-refractivity contribution >= 4 is 40.1 Å². The summed E-state index contributed by atoms with van der Waals surface area (Å²) in [7, 11) is 3.72. The number of rotatable bonds is 11. The van der Waals surface area contributed by atoms with E-state index in [-0.39, 0.29) is 53.2 Å². The number of likely N-dealkylation sites (tertiary alicyclic amines) is 2. The van der Waals surface area contributed by atoms with Crippen molar-refractivity contribution in [2.45, 2.75) is 82.6 Å². The van der Waals surface area contributed by atoms with Crippen LogP contribution in [0.3, 0.4) is 0 Å². The summed E-state index contributed by atoms with van der Waals surface area (Å²) in [5.74, 6) is -3.27. The van der Waals surface area contributed by atoms with E-state index in [1.807, 2.05) is 34.5 Å². The van der Waals surface area contributed by atoms with E-state index in [9.17, 15) is 19.2 Å². The van der Waals surface area contributed by atoms with E-state index >= 15 is 13.2 Å². The van der Waals surface area contributed by atoms with Crippen LogP contribution >= 0.6 is 0 Å². The van der Waals surface area contributed by atoms with Gasteiger partial charge in [-0.25, -0.2) is 18.2 Å². The second-order valence-electron chi connectivity index (χ2n) is 18.5. The molecule has 15 nitrogen and oxygen atoms in total. The molecule has 18 heteroatoms. The lowest BCUT2D eigenvalue weighted by atomic mass is 9.88. The maximum atomic E-state index is 15.9. The summed E-state index contributed by atoms with van der Waals surface area (Å²) < 4.78 is 52.6. The summed E-state index contributed by atoms with van der Waals surface area (Å²) in [4.78, 5) is 61.0. The molecule has 2 aromatic carbocycles. The number of halogens is 3. The lowest BCUT2D eigenvalue weighted by Gasteiger charge is -2.35. The van der Waals surface area contributed by atoms with Crippen LogP contribution < -0.4 is 16.2 Å². The molecule has 8 heterocycles. The molecular weight excluding hydrogens is 876 g/mol. The van der Waals surface area contributed by atoms with Crippen molar-refractivity contribution < 1.29 is 27.6 Å². The number of carbonyl (C=O) groups is 3. The molecule has 0 spiro atoms. The molecule has 68 heavy (non-hydrogen) atoms. The van der Waals surface area contributed by atoms with Gasteiger partial charge < -0.3 is 20.1 Å². The summed E-state index contributed by atoms with van der Waals surface area (Å²) in [6, 6.07) is 15.8. The number of carbonyl (C=O) groups excluding carboxylic acids is 3. The largest absolute Gasteiger partial charge is 0.674 e. The van der Waals surface area contributed by atoms with Crippen LogP contribution in [0.5, 0.6) is 0 Å². The summed E-state index contributed by atoms with van der Waals surface area (Å²) >= 11 is 0. The Hall–Kier alpha value is -6.79. The molecule has 0 radical (unpaired) electrons. The molecule has 0 bridgehead atoms. The van der Waals surface area contributed by atoms with Gasteiger partial charge in [-0.3, -0.25) is 43.5 Å². The predicted octanol–water partition coefficient (Wildman–Crippen LogP) is 6.61. The fourth-order valence-corrected chi connectivity index (χ4v) is 10.5. The van der Waals surface area contributed by atoms with Crippen molar-refractivity contribution in [3.63, 3.8) is 0 Å². The number of nitrogens with zero attached hydrogens (tertiary/aromatic N) is 9. The predicted molar refractivity (Wildman–Crippen MR) is 249 cm³/mol. The average Bonchev–Trinajstić information content (AvgIpc) is 3.89. The van der Waals surface area contributed by atoms with Gasteiger partial charge in [-0.15, -0.1) is 5.69 Å². The highest BCUT2D eigenvalue weighted by molar-refractivity contribution is 6.02. The van der Waals surface area contributed by atoms with Crippen LogP contribution in [0.25, 0.3) is 22.0 Å². The molecule has 0 aliphatic carbocycles. The zero-order valence-electron chi connectivity index (χ0n) is 38.1. The van der Waals surface area contributed by atoms with Gasteiger partial charge >= 0.3 is 0 Å². The first-order valence-electron chi connectivity index (χ1n) is 23.4. The quantitative estimate of drug-likeness (QED) is 0.137. The average molecular weight is 929 g/mol. The highest BCUT2D eigenvalue weighted by Crippen LogP contribution is 2.36. The number of piperidine rings is 3. The standard InChI is InChI=1S/C50H53F3N11O4/c1-54-33-12-18-63(46(66)25-33)44-7-13-55-48-39(44)26-36(59(48)2)28-61-16-10-31(11-17-61)47-41(52)21-32(22-42(47)53)50(68)62-19-20-64-37(29-62)23-35(58-64)27-60-14-8-30(9-15-60)38-4-3-34(24-40(38)51)56-43-5-6-45(65)57-49(43)67/h3-4,7,12-13,18,21-26,30-31,43H,5-6,8-11,14-17,19-20,27-29H2,1-2H3,(H,54,66)(H,57,65,67)/q-1. The van der Waals surface area contributed by atoms with Crippen molar-refractivity contribution in [1.82, 2.24) is 43.9 Å². The number of aryl methyl sites for hydroxylation is 1. The number of fused-ring (bicyclic) bond motifs is 2. The Morgan fingerprint density at radius 1 is 0.824 bits per heavy atom. The van der Waals surface area contributed by atoms with Crippen LogP contribution in [-0.2, 0) is 42.8 Å². The van der Waals surface area contributed by atoms with Gasteiger partial charge in [0, 0.05) is 86.5 Å². The molecule has 1 unspecified atom stereocenters. The second-order valence-corrected chi connectivity index (χ2v) is 18.5. The minimum atomic E-state index is -0.708. The molecule has 354 valence electrons. The minimum absolute atomic E-state index is 0.0176. The van der Waals surface area contributed by atoms with Gasteiger partial charge in [0.15, 0.2) is 0 Å². The Balaban J connectivity index is 0.718. The van der Waals surface area contributed by atoms with Crippen LogP contribution in [0.1, 0.15) is 88.9 Å². The number of amides is 3. The molecule has 4 aliphatic heterocycles. The normalized spacial score (nSPS) is 18.8. The molecule has 3 fully saturated rings. The second kappa shape index (κ2) is 18.7. The van der Waals surface area contributed by atoms with Crippen LogP contribution in [0.4, 0.5) is 24.5 Å². The van der Waals surface area contributed by atoms with Gasteiger partial charge in [0.1, 0.15) is 23.1 Å². The third-order valence-corrected chi connectivity index (χ3v) is 14.2. The number of nitrogens with one attached hydrogen (secondary N) is 2. The van der Waals surface area contributed by atoms with Crippen molar-refractivity contribution in [2.75, 3.05) is 45.1 Å². The topological polar surface area (TPSA) is 157 Å². The molecule has 4 aliphatic rings. The molecule has 0 saturated carbocycles. The number of hydrogen-bond donors (Lipinski definition) is 2. The molecule has 3 amide bonds. The van der Waals surface area contributed by atoms with Gasteiger partial charge in [-0.1, -0.05) is 12.1 Å². The summed E-state index contributed by atoms with van der Waals surface area (Å²) in [5.41, 5.74) is 5.79. The van der Waals surface area contributed by atoms with Gasteiger partial charge in [0.05, 0.1) is 30.2 Å². The molecule has 4 aromatic heterocycles. The molecular formula is C50H53F3N11O4-. The molecule has 3 saturated heterocycles. The van der Waals surface area contributed by atoms with E-state index in [0.29, 0.717) is 69.8 Å². The van der Waals surface area contributed by atoms with Gasteiger partial charge in [0.2, 0.25) is 11.8 Å². The number of imide groups is 1. The van der Waals surface area contributed by atoms with Crippen LogP contribution in [0.15, 0.2) is 77.9 Å². The molecule has 1 atom stereocenters. The van der Waals surface area contributed by atoms with E-state index < -0.39 is 29.5 Å². The summed E-state index contributed by atoms with van der Waals surface area (Å²) in [6.45, 7) is 5.01. The first-order chi connectivity index (χ1) is 32.9. The van der Waals surface area contributed by atoms with Crippen LogP contribution in [0.2, 0.25) is 0 Å². The van der Waals surface area contributed by atoms with Crippen LogP contribution in [0, 0.1) is 17.5 Å². The first-order valence-corrected chi connectivity index (χ1v) is 23.4. The van der Waals surface area contributed by atoms with Gasteiger partial charge in [-0.05, 0) is 124 Å². The van der Waals surface area contributed by atoms with Gasteiger partial charge in [-0.2, -0.15) is 5.10 Å². The van der Waals surface area contributed by atoms with E-state index in [1.54, 1.807) is 47.1 Å². The lowest BCUT2D eigenvalue weighted by molar-refractivity contribution is -0.133. The number of anilines is 1. The lowest BCUT2D eigenvalue weighted by Crippen LogP contribution is -2.43. The van der Waals surface area contributed by atoms with Crippen molar-refractivity contribution in [2.24, 2.45) is 7.05 Å². The van der Waals surface area contributed by atoms with E-state index in [0.717, 1.165) is 65.4 Å². The van der Waals surface area contributed by atoms with E-state index in [4.69, 9.17) is 5.10 Å². The molecule has 2 N–H and O–H groups in total. The zero-order valence-corrected chi connectivity index (χ0v) is 38.1. The Labute approximate surface area is 390 Å². The Morgan fingerprint density at radius 3 is 2.26 bits per heavy atom. The summed E-state index contributed by atoms with van der Waals surface area (Å²) in [6.07, 6.45) is 6.57. The molecule has 6 aromatic rings. The van der Waals surface area contributed by atoms with Crippen LogP contribution in [-0.4, -0.2) is 102 Å². The zero-order chi connectivity index (χ0) is 47.2. The Morgan fingerprint density at radius 2 is 1.56 bits per heavy atom. The SMILES string of the molecule is CNc1ccn(-c2ccnc3c2cc(CN2CCC(c4c(F)cc(C(=O)N5CCn6nc(CN7CCC(c8ccc([N-]C9CCC(=O)NC9=O)cc8F)CC7)cc6C5)cc4F)CC2)n3C)c(=O)c1.